The number of rotatable bonds is 7. The first-order valence-corrected chi connectivity index (χ1v) is 12.4. The first kappa shape index (κ1) is 22.0. The Morgan fingerprint density at radius 1 is 1.11 bits per heavy atom. The van der Waals surface area contributed by atoms with E-state index < -0.39 is 0 Å². The summed E-state index contributed by atoms with van der Waals surface area (Å²) >= 11 is 0. The maximum Gasteiger partial charge on any atom is 0.229 e. The molecule has 2 N–H and O–H groups in total. The number of fused-ring (bicyclic) bond motifs is 1. The van der Waals surface area contributed by atoms with Crippen molar-refractivity contribution in [3.8, 4) is 0 Å². The van der Waals surface area contributed by atoms with Crippen molar-refractivity contribution in [1.82, 2.24) is 34.8 Å². The zero-order chi connectivity index (χ0) is 23.5. The van der Waals surface area contributed by atoms with Crippen molar-refractivity contribution < 1.29 is 4.74 Å². The molecule has 182 valence electrons. The predicted octanol–water partition coefficient (Wildman–Crippen LogP) is 2.65. The fraction of sp³-hybridized carbons (Fsp3) is 0.440. The molecule has 5 heterocycles. The Hall–Kier alpha value is -3.50. The second kappa shape index (κ2) is 10.0. The molecule has 1 atom stereocenters. The van der Waals surface area contributed by atoms with Crippen LogP contribution in [0.15, 0.2) is 49.1 Å². The standard InChI is InChI=1S/C25H31N9O/c1-3-19(11-23(5-1)32-7-9-35-10-8-32)17-34-24-21(14-29-34)13-27-25(31-24)30-22-15-28-33(18-22)16-20-4-2-6-26-12-20/h1,3,5,11,13-15,18,20,26H,2,4,6-10,12,16-17H2,(H,27,30,31). The van der Waals surface area contributed by atoms with E-state index in [0.717, 1.165) is 62.7 Å². The van der Waals surface area contributed by atoms with E-state index in [2.05, 4.69) is 55.0 Å². The molecule has 3 aromatic heterocycles. The molecule has 1 aromatic carbocycles. The van der Waals surface area contributed by atoms with Crippen LogP contribution < -0.4 is 15.5 Å². The van der Waals surface area contributed by atoms with Crippen molar-refractivity contribution in [2.75, 3.05) is 49.6 Å². The average molecular weight is 474 g/mol. The lowest BCUT2D eigenvalue weighted by Gasteiger charge is -2.29. The van der Waals surface area contributed by atoms with Gasteiger partial charge in [-0.05, 0) is 49.5 Å². The summed E-state index contributed by atoms with van der Waals surface area (Å²) in [5, 5.41) is 16.8. The molecule has 0 bridgehead atoms. The third-order valence-corrected chi connectivity index (χ3v) is 6.73. The van der Waals surface area contributed by atoms with E-state index >= 15 is 0 Å². The molecule has 0 radical (unpaired) electrons. The highest BCUT2D eigenvalue weighted by Gasteiger charge is 2.15. The number of nitrogens with one attached hydrogen (secondary N) is 2. The van der Waals surface area contributed by atoms with Gasteiger partial charge < -0.3 is 20.3 Å². The molecule has 0 spiro atoms. The quantitative estimate of drug-likeness (QED) is 0.423. The second-order valence-corrected chi connectivity index (χ2v) is 9.33. The molecule has 0 saturated carbocycles. The Bertz CT molecular complexity index is 1270. The van der Waals surface area contributed by atoms with Crippen molar-refractivity contribution in [2.24, 2.45) is 5.92 Å². The summed E-state index contributed by atoms with van der Waals surface area (Å²) in [7, 11) is 0. The molecule has 10 nitrogen and oxygen atoms in total. The van der Waals surface area contributed by atoms with Gasteiger partial charge in [0.05, 0.1) is 43.2 Å². The molecule has 0 amide bonds. The first-order valence-electron chi connectivity index (χ1n) is 12.4. The fourth-order valence-corrected chi connectivity index (χ4v) is 4.89. The van der Waals surface area contributed by atoms with Crippen molar-refractivity contribution in [1.29, 1.82) is 0 Å². The highest BCUT2D eigenvalue weighted by molar-refractivity contribution is 5.75. The minimum Gasteiger partial charge on any atom is -0.378 e. The van der Waals surface area contributed by atoms with Gasteiger partial charge in [0.2, 0.25) is 5.95 Å². The number of benzene rings is 1. The smallest absolute Gasteiger partial charge is 0.229 e. The highest BCUT2D eigenvalue weighted by atomic mass is 16.5. The van der Waals surface area contributed by atoms with Crippen LogP contribution in [0.3, 0.4) is 0 Å². The largest absolute Gasteiger partial charge is 0.378 e. The average Bonchev–Trinajstić information content (AvgIpc) is 3.52. The molecule has 2 aliphatic heterocycles. The third-order valence-electron chi connectivity index (χ3n) is 6.73. The highest BCUT2D eigenvalue weighted by Crippen LogP contribution is 2.21. The zero-order valence-electron chi connectivity index (χ0n) is 19.8. The van der Waals surface area contributed by atoms with E-state index in [0.29, 0.717) is 18.4 Å². The van der Waals surface area contributed by atoms with Gasteiger partial charge in [-0.1, -0.05) is 12.1 Å². The van der Waals surface area contributed by atoms with Crippen molar-refractivity contribution in [3.05, 3.63) is 54.6 Å². The monoisotopic (exact) mass is 473 g/mol. The van der Waals surface area contributed by atoms with Gasteiger partial charge in [-0.3, -0.25) is 4.68 Å². The lowest BCUT2D eigenvalue weighted by atomic mass is 10.00. The Morgan fingerprint density at radius 3 is 2.94 bits per heavy atom. The van der Waals surface area contributed by atoms with Crippen LogP contribution in [0.25, 0.3) is 11.0 Å². The maximum absolute atomic E-state index is 5.49. The Kier molecular flexibility index (Phi) is 6.29. The van der Waals surface area contributed by atoms with Crippen LogP contribution in [0, 0.1) is 5.92 Å². The minimum absolute atomic E-state index is 0.542. The maximum atomic E-state index is 5.49. The fourth-order valence-electron chi connectivity index (χ4n) is 4.89. The van der Waals surface area contributed by atoms with Gasteiger partial charge in [0.15, 0.2) is 5.65 Å². The van der Waals surface area contributed by atoms with E-state index in [-0.39, 0.29) is 0 Å². The Balaban J connectivity index is 1.16. The summed E-state index contributed by atoms with van der Waals surface area (Å²) in [6, 6.07) is 8.63. The van der Waals surface area contributed by atoms with Gasteiger partial charge in [0.1, 0.15) is 0 Å². The predicted molar refractivity (Wildman–Crippen MR) is 135 cm³/mol. The molecular weight excluding hydrogens is 442 g/mol. The molecular formula is C25H31N9O. The summed E-state index contributed by atoms with van der Waals surface area (Å²) in [4.78, 5) is 11.6. The molecule has 2 aliphatic rings. The number of ether oxygens (including phenoxy) is 1. The lowest BCUT2D eigenvalue weighted by molar-refractivity contribution is 0.122. The minimum atomic E-state index is 0.542. The van der Waals surface area contributed by atoms with Crippen LogP contribution in [0.1, 0.15) is 18.4 Å². The zero-order valence-corrected chi connectivity index (χ0v) is 19.8. The topological polar surface area (TPSA) is 98.0 Å². The van der Waals surface area contributed by atoms with E-state index in [1.54, 1.807) is 0 Å². The molecule has 2 saturated heterocycles. The normalized spacial score (nSPS) is 18.7. The van der Waals surface area contributed by atoms with Gasteiger partial charge in [-0.15, -0.1) is 0 Å². The summed E-state index contributed by atoms with van der Waals surface area (Å²) in [6.07, 6.45) is 9.97. The molecule has 1 unspecified atom stereocenters. The summed E-state index contributed by atoms with van der Waals surface area (Å²) < 4.78 is 9.43. The lowest BCUT2D eigenvalue weighted by Crippen LogP contribution is -2.36. The Morgan fingerprint density at radius 2 is 2.06 bits per heavy atom. The molecule has 35 heavy (non-hydrogen) atoms. The van der Waals surface area contributed by atoms with Crippen molar-refractivity contribution >= 4 is 28.4 Å². The van der Waals surface area contributed by atoms with Gasteiger partial charge in [0.25, 0.3) is 0 Å². The van der Waals surface area contributed by atoms with Gasteiger partial charge in [-0.25, -0.2) is 9.67 Å². The van der Waals surface area contributed by atoms with E-state index in [4.69, 9.17) is 9.72 Å². The molecule has 0 aliphatic carbocycles. The molecule has 4 aromatic rings. The SMILES string of the molecule is c1cc(Cn2ncc3cnc(Nc4cnn(CC5CCCNC5)c4)nc32)cc(N2CCOCC2)c1. The molecule has 6 rings (SSSR count). The van der Waals surface area contributed by atoms with Crippen LogP contribution in [-0.4, -0.2) is 68.9 Å². The van der Waals surface area contributed by atoms with E-state index in [1.807, 2.05) is 34.2 Å². The summed E-state index contributed by atoms with van der Waals surface area (Å²) in [5.74, 6) is 1.17. The van der Waals surface area contributed by atoms with Crippen LogP contribution in [0.2, 0.25) is 0 Å². The molecule has 10 heteroatoms. The van der Waals surface area contributed by atoms with Crippen molar-refractivity contribution in [2.45, 2.75) is 25.9 Å². The number of nitrogens with zero attached hydrogens (tertiary/aromatic N) is 7. The number of anilines is 3. The number of hydrogen-bond donors (Lipinski definition) is 2. The van der Waals surface area contributed by atoms with Crippen molar-refractivity contribution in [3.63, 3.8) is 0 Å². The van der Waals surface area contributed by atoms with Gasteiger partial charge in [0, 0.05) is 37.7 Å². The summed E-state index contributed by atoms with van der Waals surface area (Å²) in [5.41, 5.74) is 4.10. The van der Waals surface area contributed by atoms with Crippen LogP contribution in [0.5, 0.6) is 0 Å². The summed E-state index contributed by atoms with van der Waals surface area (Å²) in [6.45, 7) is 7.14. The van der Waals surface area contributed by atoms with E-state index in [1.165, 1.54) is 24.1 Å². The number of aromatic nitrogens is 6. The van der Waals surface area contributed by atoms with Crippen LogP contribution in [0.4, 0.5) is 17.3 Å². The van der Waals surface area contributed by atoms with Crippen LogP contribution in [-0.2, 0) is 17.8 Å². The van der Waals surface area contributed by atoms with Gasteiger partial charge >= 0.3 is 0 Å². The Labute approximate surface area is 204 Å². The first-order chi connectivity index (χ1) is 17.3. The molecule has 2 fully saturated rings. The third kappa shape index (κ3) is 5.13. The van der Waals surface area contributed by atoms with Gasteiger partial charge in [-0.2, -0.15) is 15.2 Å². The number of piperidine rings is 1. The van der Waals surface area contributed by atoms with E-state index in [9.17, 15) is 0 Å². The second-order valence-electron chi connectivity index (χ2n) is 9.33. The number of morpholine rings is 1. The van der Waals surface area contributed by atoms with Crippen LogP contribution >= 0.6 is 0 Å². The number of hydrogen-bond acceptors (Lipinski definition) is 8.